The number of nitrogens with zero attached hydrogens (tertiary/aromatic N) is 4. The number of esters is 2. The molecule has 2 atom stereocenters. The quantitative estimate of drug-likeness (QED) is 0.127. The highest BCUT2D eigenvalue weighted by Crippen LogP contribution is 2.38. The van der Waals surface area contributed by atoms with E-state index in [0.29, 0.717) is 42.4 Å². The molecule has 0 aliphatic heterocycles. The van der Waals surface area contributed by atoms with E-state index >= 15 is 0 Å². The minimum atomic E-state index is -3.60. The van der Waals surface area contributed by atoms with Gasteiger partial charge < -0.3 is 29.8 Å². The molecule has 212 valence electrons. The SMILES string of the molecule is CCOC(=O)C(CC)NP(=O)(COCCn1cnc2c(NC3CC3)nc(N)nc21)NC(CC)C(=O)OCC. The highest BCUT2D eigenvalue weighted by atomic mass is 31.2. The molecule has 2 unspecified atom stereocenters. The Labute approximate surface area is 222 Å². The Balaban J connectivity index is 1.69. The highest BCUT2D eigenvalue weighted by molar-refractivity contribution is 7.59. The van der Waals surface area contributed by atoms with E-state index in [2.05, 4.69) is 30.4 Å². The monoisotopic (exact) mass is 554 g/mol. The molecule has 3 rings (SSSR count). The summed E-state index contributed by atoms with van der Waals surface area (Å²) in [5, 5.41) is 9.04. The highest BCUT2D eigenvalue weighted by Gasteiger charge is 2.34. The first-order valence-electron chi connectivity index (χ1n) is 13.0. The molecule has 2 heterocycles. The van der Waals surface area contributed by atoms with Crippen LogP contribution in [-0.2, 0) is 34.9 Å². The number of rotatable bonds is 17. The smallest absolute Gasteiger partial charge is 0.323 e. The molecule has 0 bridgehead atoms. The average Bonchev–Trinajstić information content (AvgIpc) is 3.61. The van der Waals surface area contributed by atoms with Crippen LogP contribution in [0.1, 0.15) is 53.4 Å². The number of fused-ring (bicyclic) bond motifs is 1. The molecule has 0 saturated heterocycles. The van der Waals surface area contributed by atoms with Gasteiger partial charge in [-0.1, -0.05) is 13.8 Å². The van der Waals surface area contributed by atoms with E-state index in [-0.39, 0.29) is 32.1 Å². The Morgan fingerprint density at radius 2 is 1.68 bits per heavy atom. The molecule has 2 aromatic heterocycles. The number of carbonyl (C=O) groups is 2. The number of nitrogen functional groups attached to an aromatic ring is 1. The van der Waals surface area contributed by atoms with E-state index in [0.717, 1.165) is 12.8 Å². The fraction of sp³-hybridized carbons (Fsp3) is 0.696. The molecule has 1 saturated carbocycles. The number of nitrogens with two attached hydrogens (primary N) is 1. The van der Waals surface area contributed by atoms with Crippen LogP contribution in [0.3, 0.4) is 0 Å². The first-order valence-corrected chi connectivity index (χ1v) is 14.9. The number of hydrogen-bond donors (Lipinski definition) is 4. The van der Waals surface area contributed by atoms with Gasteiger partial charge in [-0.3, -0.25) is 14.2 Å². The topological polar surface area (TPSA) is 185 Å². The van der Waals surface area contributed by atoms with Crippen molar-refractivity contribution < 1.29 is 28.4 Å². The van der Waals surface area contributed by atoms with Crippen LogP contribution in [0.2, 0.25) is 0 Å². The van der Waals surface area contributed by atoms with Crippen molar-refractivity contribution in [2.24, 2.45) is 0 Å². The van der Waals surface area contributed by atoms with E-state index in [1.54, 1.807) is 38.6 Å². The fourth-order valence-corrected chi connectivity index (χ4v) is 5.92. The van der Waals surface area contributed by atoms with Crippen LogP contribution in [0.15, 0.2) is 6.33 Å². The Morgan fingerprint density at radius 1 is 1.08 bits per heavy atom. The Morgan fingerprint density at radius 3 is 2.21 bits per heavy atom. The van der Waals surface area contributed by atoms with Gasteiger partial charge in [0, 0.05) is 12.6 Å². The Kier molecular flexibility index (Phi) is 10.8. The van der Waals surface area contributed by atoms with Crippen LogP contribution in [0.5, 0.6) is 0 Å². The number of carbonyl (C=O) groups excluding carboxylic acids is 2. The lowest BCUT2D eigenvalue weighted by atomic mass is 10.2. The molecule has 1 aliphatic rings. The maximum absolute atomic E-state index is 13.9. The van der Waals surface area contributed by atoms with Gasteiger partial charge in [-0.15, -0.1) is 0 Å². The molecular weight excluding hydrogens is 515 g/mol. The summed E-state index contributed by atoms with van der Waals surface area (Å²) >= 11 is 0. The molecular formula is C23H39N8O6P. The van der Waals surface area contributed by atoms with Gasteiger partial charge in [-0.05, 0) is 39.5 Å². The number of aromatic nitrogens is 4. The van der Waals surface area contributed by atoms with Gasteiger partial charge in [-0.25, -0.2) is 15.2 Å². The third-order valence-corrected chi connectivity index (χ3v) is 7.84. The second-order valence-corrected chi connectivity index (χ2v) is 11.2. The predicted molar refractivity (Wildman–Crippen MR) is 143 cm³/mol. The normalized spacial score (nSPS) is 16.5. The molecule has 1 aliphatic carbocycles. The van der Waals surface area contributed by atoms with Crippen molar-refractivity contribution in [3.8, 4) is 0 Å². The Hall–Kier alpha value is -2.80. The number of anilines is 2. The molecule has 1 fully saturated rings. The van der Waals surface area contributed by atoms with Crippen molar-refractivity contribution in [1.82, 2.24) is 29.7 Å². The molecule has 38 heavy (non-hydrogen) atoms. The molecule has 0 amide bonds. The minimum Gasteiger partial charge on any atom is -0.465 e. The summed E-state index contributed by atoms with van der Waals surface area (Å²) in [5.74, 6) is -0.324. The van der Waals surface area contributed by atoms with E-state index < -0.39 is 31.5 Å². The standard InChI is InChI=1S/C23H39N8O6P/c1-5-16(21(32)36-7-3)29-38(34,30-17(6-2)22(33)37-8-4)14-35-12-11-31-13-25-18-19(26-15-9-10-15)27-23(24)28-20(18)31/h13,15-17H,5-12,14H2,1-4H3,(H2,29,30,34)(H3,24,26,27,28). The van der Waals surface area contributed by atoms with Crippen molar-refractivity contribution in [2.75, 3.05) is 37.2 Å². The summed E-state index contributed by atoms with van der Waals surface area (Å²) < 4.78 is 31.7. The van der Waals surface area contributed by atoms with Crippen molar-refractivity contribution in [2.45, 2.75) is 78.0 Å². The lowest BCUT2D eigenvalue weighted by Crippen LogP contribution is -2.44. The number of nitrogens with one attached hydrogen (secondary N) is 3. The molecule has 2 aromatic rings. The van der Waals surface area contributed by atoms with E-state index in [1.807, 2.05) is 0 Å². The Bertz CT molecular complexity index is 1110. The van der Waals surface area contributed by atoms with Gasteiger partial charge in [0.25, 0.3) is 0 Å². The van der Waals surface area contributed by atoms with Crippen molar-refractivity contribution in [3.05, 3.63) is 6.33 Å². The summed E-state index contributed by atoms with van der Waals surface area (Å²) in [6.07, 6.45) is 4.16. The summed E-state index contributed by atoms with van der Waals surface area (Å²) in [6.45, 7) is 7.82. The van der Waals surface area contributed by atoms with E-state index in [9.17, 15) is 14.2 Å². The summed E-state index contributed by atoms with van der Waals surface area (Å²) in [4.78, 5) is 37.8. The molecule has 15 heteroatoms. The number of ether oxygens (including phenoxy) is 3. The molecule has 0 aromatic carbocycles. The van der Waals surface area contributed by atoms with Gasteiger partial charge >= 0.3 is 11.9 Å². The van der Waals surface area contributed by atoms with Crippen LogP contribution >= 0.6 is 7.44 Å². The van der Waals surface area contributed by atoms with Gasteiger partial charge in [0.15, 0.2) is 17.0 Å². The lowest BCUT2D eigenvalue weighted by molar-refractivity contribution is -0.145. The average molecular weight is 555 g/mol. The van der Waals surface area contributed by atoms with Gasteiger partial charge in [0.1, 0.15) is 18.4 Å². The fourth-order valence-electron chi connectivity index (χ4n) is 3.72. The first kappa shape index (κ1) is 29.8. The largest absolute Gasteiger partial charge is 0.465 e. The lowest BCUT2D eigenvalue weighted by Gasteiger charge is -2.28. The molecule has 0 spiro atoms. The zero-order valence-electron chi connectivity index (χ0n) is 22.4. The van der Waals surface area contributed by atoms with E-state index in [1.165, 1.54) is 0 Å². The third kappa shape index (κ3) is 8.10. The number of hydrogen-bond acceptors (Lipinski definition) is 11. The zero-order chi connectivity index (χ0) is 27.7. The van der Waals surface area contributed by atoms with Crippen LogP contribution in [0, 0.1) is 0 Å². The van der Waals surface area contributed by atoms with Crippen LogP contribution in [0.4, 0.5) is 11.8 Å². The third-order valence-electron chi connectivity index (χ3n) is 5.84. The predicted octanol–water partition coefficient (Wildman–Crippen LogP) is 2.01. The minimum absolute atomic E-state index is 0.135. The first-order chi connectivity index (χ1) is 18.2. The van der Waals surface area contributed by atoms with Crippen LogP contribution in [-0.4, -0.2) is 75.8 Å². The van der Waals surface area contributed by atoms with Crippen LogP contribution < -0.4 is 21.2 Å². The van der Waals surface area contributed by atoms with Crippen molar-refractivity contribution in [3.63, 3.8) is 0 Å². The molecule has 14 nitrogen and oxygen atoms in total. The summed E-state index contributed by atoms with van der Waals surface area (Å²) in [7, 11) is -3.60. The van der Waals surface area contributed by atoms with Gasteiger partial charge in [0.05, 0.1) is 26.1 Å². The van der Waals surface area contributed by atoms with Gasteiger partial charge in [0.2, 0.25) is 13.4 Å². The summed E-state index contributed by atoms with van der Waals surface area (Å²) in [6, 6.07) is -1.31. The van der Waals surface area contributed by atoms with Crippen molar-refractivity contribution in [1.29, 1.82) is 0 Å². The van der Waals surface area contributed by atoms with Crippen LogP contribution in [0.25, 0.3) is 11.2 Å². The number of imidazole rings is 1. The maximum atomic E-state index is 13.9. The van der Waals surface area contributed by atoms with Crippen molar-refractivity contribution >= 4 is 42.3 Å². The molecule has 5 N–H and O–H groups in total. The molecule has 0 radical (unpaired) electrons. The second-order valence-electron chi connectivity index (χ2n) is 8.92. The van der Waals surface area contributed by atoms with E-state index in [4.69, 9.17) is 19.9 Å². The van der Waals surface area contributed by atoms with Gasteiger partial charge in [-0.2, -0.15) is 9.97 Å². The second kappa shape index (κ2) is 13.8. The summed E-state index contributed by atoms with van der Waals surface area (Å²) in [5.41, 5.74) is 7.08. The zero-order valence-corrected chi connectivity index (χ0v) is 23.3. The maximum Gasteiger partial charge on any atom is 0.323 e.